The third-order valence-corrected chi connectivity index (χ3v) is 2.60. The summed E-state index contributed by atoms with van der Waals surface area (Å²) in [5, 5.41) is 3.62. The maximum Gasteiger partial charge on any atom is 0.00696 e. The summed E-state index contributed by atoms with van der Waals surface area (Å²) in [6, 6.07) is 1.54. The second-order valence-corrected chi connectivity index (χ2v) is 3.83. The number of rotatable bonds is 3. The summed E-state index contributed by atoms with van der Waals surface area (Å²) in [6.07, 6.45) is 4.23. The van der Waals surface area contributed by atoms with E-state index in [-0.39, 0.29) is 0 Å². The minimum Gasteiger partial charge on any atom is -0.311 e. The van der Waals surface area contributed by atoms with Crippen LogP contribution in [0.3, 0.4) is 0 Å². The van der Waals surface area contributed by atoms with Crippen LogP contribution in [0.2, 0.25) is 0 Å². The topological polar surface area (TPSA) is 12.0 Å². The van der Waals surface area contributed by atoms with Crippen molar-refractivity contribution in [2.24, 2.45) is 5.92 Å². The Morgan fingerprint density at radius 1 is 1.20 bits per heavy atom. The Hall–Kier alpha value is -0.0400. The molecular weight excluding hydrogens is 122 g/mol. The molecule has 0 amide bonds. The van der Waals surface area contributed by atoms with E-state index in [0.29, 0.717) is 6.04 Å². The predicted octanol–water partition coefficient (Wildman–Crippen LogP) is 2.17. The Bertz CT molecular complexity index is 94.9. The van der Waals surface area contributed by atoms with Crippen molar-refractivity contribution in [3.05, 3.63) is 0 Å². The maximum atomic E-state index is 3.62. The molecule has 1 saturated carbocycles. The summed E-state index contributed by atoms with van der Waals surface area (Å²) in [5.74, 6) is 0.778. The van der Waals surface area contributed by atoms with E-state index in [1.54, 1.807) is 0 Å². The van der Waals surface area contributed by atoms with E-state index in [0.717, 1.165) is 12.0 Å². The van der Waals surface area contributed by atoms with Crippen molar-refractivity contribution in [2.75, 3.05) is 0 Å². The molecule has 0 aromatic heterocycles. The molecule has 0 aromatic carbocycles. The van der Waals surface area contributed by atoms with Gasteiger partial charge in [-0.2, -0.15) is 0 Å². The average Bonchev–Trinajstić information content (AvgIpc) is 1.77. The van der Waals surface area contributed by atoms with Crippen LogP contribution in [0.5, 0.6) is 0 Å². The van der Waals surface area contributed by atoms with Gasteiger partial charge in [-0.3, -0.25) is 0 Å². The Balaban J connectivity index is 2.10. The van der Waals surface area contributed by atoms with Gasteiger partial charge in [0.2, 0.25) is 0 Å². The van der Waals surface area contributed by atoms with Crippen molar-refractivity contribution >= 4 is 0 Å². The lowest BCUT2D eigenvalue weighted by atomic mass is 9.91. The highest BCUT2D eigenvalue weighted by Gasteiger charge is 2.19. The summed E-state index contributed by atoms with van der Waals surface area (Å²) in [5.41, 5.74) is 0. The summed E-state index contributed by atoms with van der Waals surface area (Å²) in [6.45, 7) is 6.83. The predicted molar refractivity (Wildman–Crippen MR) is 45.1 cm³/mol. The van der Waals surface area contributed by atoms with Gasteiger partial charge >= 0.3 is 0 Å². The Morgan fingerprint density at radius 2 is 1.80 bits per heavy atom. The quantitative estimate of drug-likeness (QED) is 0.635. The zero-order valence-electron chi connectivity index (χ0n) is 7.35. The number of hydrogen-bond acceptors (Lipinski definition) is 1. The van der Waals surface area contributed by atoms with Gasteiger partial charge in [0, 0.05) is 12.1 Å². The first kappa shape index (κ1) is 8.06. The summed E-state index contributed by atoms with van der Waals surface area (Å²) in [4.78, 5) is 0. The molecule has 1 fully saturated rings. The lowest BCUT2D eigenvalue weighted by Crippen LogP contribution is -2.43. The average molecular weight is 141 g/mol. The van der Waals surface area contributed by atoms with Crippen molar-refractivity contribution < 1.29 is 0 Å². The molecule has 1 aliphatic rings. The maximum absolute atomic E-state index is 3.62. The molecule has 1 atom stereocenters. The fourth-order valence-corrected chi connectivity index (χ4v) is 1.14. The van der Waals surface area contributed by atoms with Crippen molar-refractivity contribution in [3.8, 4) is 0 Å². The van der Waals surface area contributed by atoms with Crippen LogP contribution >= 0.6 is 0 Å². The van der Waals surface area contributed by atoms with Gasteiger partial charge in [-0.15, -0.1) is 0 Å². The Kier molecular flexibility index (Phi) is 2.72. The van der Waals surface area contributed by atoms with E-state index in [2.05, 4.69) is 26.1 Å². The van der Waals surface area contributed by atoms with Gasteiger partial charge in [-0.05, 0) is 25.7 Å². The highest BCUT2D eigenvalue weighted by atomic mass is 15.0. The van der Waals surface area contributed by atoms with Gasteiger partial charge in [0.1, 0.15) is 0 Å². The van der Waals surface area contributed by atoms with Crippen LogP contribution in [0, 0.1) is 5.92 Å². The second kappa shape index (κ2) is 3.38. The molecule has 0 saturated heterocycles. The molecule has 1 unspecified atom stereocenters. The van der Waals surface area contributed by atoms with Crippen LogP contribution in [0.1, 0.15) is 40.0 Å². The largest absolute Gasteiger partial charge is 0.311 e. The van der Waals surface area contributed by atoms with Crippen LogP contribution in [0.15, 0.2) is 0 Å². The van der Waals surface area contributed by atoms with Gasteiger partial charge in [-0.1, -0.05) is 20.3 Å². The van der Waals surface area contributed by atoms with E-state index in [4.69, 9.17) is 0 Å². The Labute approximate surface area is 64.2 Å². The summed E-state index contributed by atoms with van der Waals surface area (Å²) in [7, 11) is 0. The molecule has 1 N–H and O–H groups in total. The molecule has 0 spiro atoms. The van der Waals surface area contributed by atoms with E-state index in [1.165, 1.54) is 19.3 Å². The molecule has 0 heterocycles. The van der Waals surface area contributed by atoms with Gasteiger partial charge in [-0.25, -0.2) is 0 Å². The van der Waals surface area contributed by atoms with Gasteiger partial charge in [0.15, 0.2) is 0 Å². The SMILES string of the molecule is CC(C)C(C)NC1CCC1. The van der Waals surface area contributed by atoms with Crippen molar-refractivity contribution in [1.82, 2.24) is 5.32 Å². The van der Waals surface area contributed by atoms with Crippen molar-refractivity contribution in [3.63, 3.8) is 0 Å². The number of hydrogen-bond donors (Lipinski definition) is 1. The van der Waals surface area contributed by atoms with Crippen LogP contribution in [-0.2, 0) is 0 Å². The zero-order valence-corrected chi connectivity index (χ0v) is 7.35. The molecule has 1 rings (SSSR count). The normalized spacial score (nSPS) is 22.8. The fraction of sp³-hybridized carbons (Fsp3) is 1.00. The van der Waals surface area contributed by atoms with Gasteiger partial charge in [0.25, 0.3) is 0 Å². The van der Waals surface area contributed by atoms with Crippen LogP contribution < -0.4 is 5.32 Å². The first-order chi connectivity index (χ1) is 4.70. The molecule has 1 heteroatoms. The molecule has 60 valence electrons. The minimum atomic E-state index is 0.699. The highest BCUT2D eigenvalue weighted by molar-refractivity contribution is 4.79. The highest BCUT2D eigenvalue weighted by Crippen LogP contribution is 2.19. The molecule has 0 aromatic rings. The van der Waals surface area contributed by atoms with E-state index in [9.17, 15) is 0 Å². The molecule has 0 radical (unpaired) electrons. The Morgan fingerprint density at radius 3 is 2.10 bits per heavy atom. The monoisotopic (exact) mass is 141 g/mol. The van der Waals surface area contributed by atoms with Crippen LogP contribution in [0.4, 0.5) is 0 Å². The molecule has 10 heavy (non-hydrogen) atoms. The second-order valence-electron chi connectivity index (χ2n) is 3.83. The van der Waals surface area contributed by atoms with Crippen LogP contribution in [0.25, 0.3) is 0 Å². The van der Waals surface area contributed by atoms with E-state index >= 15 is 0 Å². The standard InChI is InChI=1S/C9H19N/c1-7(2)8(3)10-9-5-4-6-9/h7-10H,4-6H2,1-3H3. The van der Waals surface area contributed by atoms with Crippen molar-refractivity contribution in [1.29, 1.82) is 0 Å². The smallest absolute Gasteiger partial charge is 0.00696 e. The fourth-order valence-electron chi connectivity index (χ4n) is 1.14. The van der Waals surface area contributed by atoms with E-state index < -0.39 is 0 Å². The molecular formula is C9H19N. The van der Waals surface area contributed by atoms with Crippen molar-refractivity contribution in [2.45, 2.75) is 52.1 Å². The third-order valence-electron chi connectivity index (χ3n) is 2.60. The first-order valence-electron chi connectivity index (χ1n) is 4.46. The molecule has 1 aliphatic carbocycles. The third kappa shape index (κ3) is 1.98. The summed E-state index contributed by atoms with van der Waals surface area (Å²) < 4.78 is 0. The number of nitrogens with one attached hydrogen (secondary N) is 1. The molecule has 0 aliphatic heterocycles. The molecule has 1 nitrogen and oxygen atoms in total. The van der Waals surface area contributed by atoms with E-state index in [1.807, 2.05) is 0 Å². The summed E-state index contributed by atoms with van der Waals surface area (Å²) >= 11 is 0. The minimum absolute atomic E-state index is 0.699. The van der Waals surface area contributed by atoms with Gasteiger partial charge < -0.3 is 5.32 Å². The zero-order chi connectivity index (χ0) is 7.56. The van der Waals surface area contributed by atoms with Crippen LogP contribution in [-0.4, -0.2) is 12.1 Å². The molecule has 0 bridgehead atoms. The lowest BCUT2D eigenvalue weighted by molar-refractivity contribution is 0.281. The lowest BCUT2D eigenvalue weighted by Gasteiger charge is -2.31. The van der Waals surface area contributed by atoms with Gasteiger partial charge in [0.05, 0.1) is 0 Å². The first-order valence-corrected chi connectivity index (χ1v) is 4.46.